The molecule has 1 saturated heterocycles. The minimum absolute atomic E-state index is 0.0918. The molecule has 0 bridgehead atoms. The van der Waals surface area contributed by atoms with E-state index in [1.807, 2.05) is 65.0 Å². The van der Waals surface area contributed by atoms with Crippen molar-refractivity contribution < 1.29 is 14.7 Å². The topological polar surface area (TPSA) is 113 Å². The van der Waals surface area contributed by atoms with E-state index in [-0.39, 0.29) is 36.1 Å². The van der Waals surface area contributed by atoms with Crippen molar-refractivity contribution in [3.63, 3.8) is 0 Å². The predicted molar refractivity (Wildman–Crippen MR) is 145 cm³/mol. The summed E-state index contributed by atoms with van der Waals surface area (Å²) in [5.41, 5.74) is 3.31. The molecule has 0 unspecified atom stereocenters. The number of aliphatic hydroxyl groups excluding tert-OH is 1. The zero-order valence-electron chi connectivity index (χ0n) is 22.4. The lowest BCUT2D eigenvalue weighted by Crippen LogP contribution is -2.49. The SMILES string of the molecule is CC(C)[C@@H](C(=O)N1C[C@H](O)C[C@H]1C(=O)NCc1ccc(-c2ccncc2Cl)cc1)n1cc(C(C)(C)C)nn1. The van der Waals surface area contributed by atoms with E-state index in [0.717, 1.165) is 22.4 Å². The summed E-state index contributed by atoms with van der Waals surface area (Å²) in [5, 5.41) is 22.4. The maximum Gasteiger partial charge on any atom is 0.248 e. The van der Waals surface area contributed by atoms with Gasteiger partial charge in [-0.1, -0.05) is 75.7 Å². The van der Waals surface area contributed by atoms with Crippen molar-refractivity contribution in [3.8, 4) is 11.1 Å². The molecule has 0 aliphatic carbocycles. The number of nitrogens with one attached hydrogen (secondary N) is 1. The Labute approximate surface area is 228 Å². The van der Waals surface area contributed by atoms with Gasteiger partial charge in [0.1, 0.15) is 12.1 Å². The van der Waals surface area contributed by atoms with Gasteiger partial charge in [-0.15, -0.1) is 5.10 Å². The van der Waals surface area contributed by atoms with E-state index in [0.29, 0.717) is 11.6 Å². The second kappa shape index (κ2) is 11.2. The number of hydrogen-bond acceptors (Lipinski definition) is 6. The molecular weight excluding hydrogens is 504 g/mol. The Bertz CT molecular complexity index is 1280. The van der Waals surface area contributed by atoms with Gasteiger partial charge in [-0.05, 0) is 23.1 Å². The molecule has 0 spiro atoms. The molecule has 3 heterocycles. The molecule has 0 saturated carbocycles. The maximum atomic E-state index is 13.7. The van der Waals surface area contributed by atoms with Crippen LogP contribution in [-0.4, -0.2) is 60.5 Å². The molecule has 2 aromatic heterocycles. The van der Waals surface area contributed by atoms with Crippen molar-refractivity contribution in [1.29, 1.82) is 0 Å². The Kier molecular flexibility index (Phi) is 8.18. The molecule has 0 radical (unpaired) electrons. The number of β-amino-alcohol motifs (C(OH)–C–C–N with tert-alkyl or cyclic N) is 1. The molecule has 1 aliphatic rings. The van der Waals surface area contributed by atoms with Crippen LogP contribution in [0.2, 0.25) is 5.02 Å². The standard InChI is InChI=1S/C28H35ClN6O3/c1-17(2)25(35-16-24(32-33-35)28(3,4)5)27(38)34-15-20(36)12-23(34)26(37)31-13-18-6-8-19(9-7-18)21-10-11-30-14-22(21)29/h6-11,14,16-17,20,23,25,36H,12-13,15H2,1-5H3,(H,31,37)/t20-,23+,25+/m1/s1. The van der Waals surface area contributed by atoms with Gasteiger partial charge in [-0.25, -0.2) is 4.68 Å². The molecule has 38 heavy (non-hydrogen) atoms. The summed E-state index contributed by atoms with van der Waals surface area (Å²) >= 11 is 6.25. The average Bonchev–Trinajstić information content (AvgIpc) is 3.50. The molecule has 9 nitrogen and oxygen atoms in total. The van der Waals surface area contributed by atoms with E-state index in [4.69, 9.17) is 11.6 Å². The number of aliphatic hydroxyl groups is 1. The van der Waals surface area contributed by atoms with Crippen molar-refractivity contribution in [1.82, 2.24) is 30.2 Å². The smallest absolute Gasteiger partial charge is 0.248 e. The number of rotatable bonds is 7. The first kappa shape index (κ1) is 27.7. The fraction of sp³-hybridized carbons (Fsp3) is 0.464. The van der Waals surface area contributed by atoms with Gasteiger partial charge in [0.15, 0.2) is 0 Å². The van der Waals surface area contributed by atoms with Gasteiger partial charge in [0.2, 0.25) is 11.8 Å². The summed E-state index contributed by atoms with van der Waals surface area (Å²) in [6.45, 7) is 10.4. The van der Waals surface area contributed by atoms with Crippen molar-refractivity contribution in [2.24, 2.45) is 5.92 Å². The van der Waals surface area contributed by atoms with Crippen LogP contribution >= 0.6 is 11.6 Å². The second-order valence-electron chi connectivity index (χ2n) is 11.2. The first-order valence-electron chi connectivity index (χ1n) is 12.8. The van der Waals surface area contributed by atoms with E-state index in [2.05, 4.69) is 20.6 Å². The highest BCUT2D eigenvalue weighted by molar-refractivity contribution is 6.33. The summed E-state index contributed by atoms with van der Waals surface area (Å²) in [4.78, 5) is 32.4. The predicted octanol–water partition coefficient (Wildman–Crippen LogP) is 3.77. The van der Waals surface area contributed by atoms with Crippen LogP contribution in [0.1, 0.15) is 58.3 Å². The van der Waals surface area contributed by atoms with Crippen molar-refractivity contribution >= 4 is 23.4 Å². The molecular formula is C28H35ClN6O3. The first-order chi connectivity index (χ1) is 18.0. The van der Waals surface area contributed by atoms with Crippen molar-refractivity contribution in [2.75, 3.05) is 6.54 Å². The Morgan fingerprint density at radius 3 is 2.50 bits per heavy atom. The van der Waals surface area contributed by atoms with Crippen LogP contribution in [0.3, 0.4) is 0 Å². The Hall–Kier alpha value is -3.30. The third-order valence-electron chi connectivity index (χ3n) is 6.82. The van der Waals surface area contributed by atoms with Crippen molar-refractivity contribution in [3.05, 3.63) is 65.2 Å². The van der Waals surface area contributed by atoms with E-state index < -0.39 is 18.2 Å². The molecule has 1 fully saturated rings. The minimum atomic E-state index is -0.771. The molecule has 3 aromatic rings. The summed E-state index contributed by atoms with van der Waals surface area (Å²) in [6, 6.07) is 8.18. The highest BCUT2D eigenvalue weighted by atomic mass is 35.5. The monoisotopic (exact) mass is 538 g/mol. The van der Waals surface area contributed by atoms with Gasteiger partial charge >= 0.3 is 0 Å². The zero-order chi connectivity index (χ0) is 27.6. The van der Waals surface area contributed by atoms with Gasteiger partial charge in [0, 0.05) is 49.1 Å². The largest absolute Gasteiger partial charge is 0.391 e. The number of carbonyl (C=O) groups is 2. The summed E-state index contributed by atoms with van der Waals surface area (Å²) in [7, 11) is 0. The maximum absolute atomic E-state index is 13.7. The number of likely N-dealkylation sites (tertiary alicyclic amines) is 1. The number of nitrogens with zero attached hydrogens (tertiary/aromatic N) is 5. The second-order valence-corrected chi connectivity index (χ2v) is 11.6. The molecule has 4 rings (SSSR count). The van der Waals surface area contributed by atoms with E-state index >= 15 is 0 Å². The zero-order valence-corrected chi connectivity index (χ0v) is 23.2. The lowest BCUT2D eigenvalue weighted by molar-refractivity contribution is -0.142. The van der Waals surface area contributed by atoms with E-state index in [9.17, 15) is 14.7 Å². The molecule has 1 aliphatic heterocycles. The van der Waals surface area contributed by atoms with Crippen LogP contribution in [-0.2, 0) is 21.5 Å². The van der Waals surface area contributed by atoms with Crippen LogP contribution in [0.15, 0.2) is 48.9 Å². The molecule has 1 aromatic carbocycles. The highest BCUT2D eigenvalue weighted by Crippen LogP contribution is 2.29. The number of benzene rings is 1. The number of amides is 2. The Morgan fingerprint density at radius 1 is 1.18 bits per heavy atom. The molecule has 2 amide bonds. The molecule has 2 N–H and O–H groups in total. The van der Waals surface area contributed by atoms with Crippen LogP contribution in [0.4, 0.5) is 0 Å². The number of aromatic nitrogens is 4. The number of pyridine rings is 1. The number of carbonyl (C=O) groups excluding carboxylic acids is 2. The molecule has 3 atom stereocenters. The van der Waals surface area contributed by atoms with E-state index in [1.165, 1.54) is 4.90 Å². The van der Waals surface area contributed by atoms with Crippen LogP contribution in [0, 0.1) is 5.92 Å². The van der Waals surface area contributed by atoms with Crippen LogP contribution in [0.25, 0.3) is 11.1 Å². The lowest BCUT2D eigenvalue weighted by Gasteiger charge is -2.29. The van der Waals surface area contributed by atoms with Crippen LogP contribution < -0.4 is 5.32 Å². The van der Waals surface area contributed by atoms with E-state index in [1.54, 1.807) is 23.3 Å². The normalized spacial score (nSPS) is 18.6. The highest BCUT2D eigenvalue weighted by Gasteiger charge is 2.42. The summed E-state index contributed by atoms with van der Waals surface area (Å²) in [5.74, 6) is -0.640. The average molecular weight is 539 g/mol. The minimum Gasteiger partial charge on any atom is -0.391 e. The Morgan fingerprint density at radius 2 is 1.89 bits per heavy atom. The molecule has 202 valence electrons. The van der Waals surface area contributed by atoms with Crippen LogP contribution in [0.5, 0.6) is 0 Å². The van der Waals surface area contributed by atoms with Crippen molar-refractivity contribution in [2.45, 2.75) is 71.2 Å². The number of halogens is 1. The lowest BCUT2D eigenvalue weighted by atomic mass is 9.93. The van der Waals surface area contributed by atoms with Gasteiger partial charge in [0.05, 0.1) is 16.8 Å². The quantitative estimate of drug-likeness (QED) is 0.473. The summed E-state index contributed by atoms with van der Waals surface area (Å²) < 4.78 is 1.59. The fourth-order valence-corrected chi connectivity index (χ4v) is 4.88. The van der Waals surface area contributed by atoms with Gasteiger partial charge in [0.25, 0.3) is 0 Å². The van der Waals surface area contributed by atoms with Gasteiger partial charge in [-0.2, -0.15) is 0 Å². The third-order valence-corrected chi connectivity index (χ3v) is 7.12. The number of hydrogen-bond donors (Lipinski definition) is 2. The molecule has 10 heteroatoms. The fourth-order valence-electron chi connectivity index (χ4n) is 4.65. The third kappa shape index (κ3) is 6.05. The first-order valence-corrected chi connectivity index (χ1v) is 13.2. The van der Waals surface area contributed by atoms with Gasteiger partial charge in [-0.3, -0.25) is 14.6 Å². The van der Waals surface area contributed by atoms with Gasteiger partial charge < -0.3 is 15.3 Å². The summed E-state index contributed by atoms with van der Waals surface area (Å²) in [6.07, 6.45) is 4.51. The Balaban J connectivity index is 1.45.